The van der Waals surface area contributed by atoms with E-state index in [1.807, 2.05) is 12.1 Å². The molecule has 0 atom stereocenters. The third-order valence-electron chi connectivity index (χ3n) is 4.45. The molecule has 0 aliphatic carbocycles. The highest BCUT2D eigenvalue weighted by Gasteiger charge is 2.20. The highest BCUT2D eigenvalue weighted by molar-refractivity contribution is 5.72. The van der Waals surface area contributed by atoms with E-state index in [0.717, 1.165) is 5.56 Å². The number of nitrogen functional groups attached to an aromatic ring is 1. The molecule has 1 aromatic carbocycles. The molecule has 0 aliphatic rings. The molecule has 0 aliphatic heterocycles. The Labute approximate surface area is 161 Å². The molecule has 0 spiro atoms. The van der Waals surface area contributed by atoms with Crippen LogP contribution in [-0.2, 0) is 5.41 Å². The van der Waals surface area contributed by atoms with Gasteiger partial charge in [0, 0.05) is 23.5 Å². The largest absolute Gasteiger partial charge is 0.439 e. The van der Waals surface area contributed by atoms with Crippen molar-refractivity contribution in [1.82, 2.24) is 19.5 Å². The molecule has 28 heavy (non-hydrogen) atoms. The third kappa shape index (κ3) is 3.22. The summed E-state index contributed by atoms with van der Waals surface area (Å²) in [5.41, 5.74) is 9.05. The SMILES string of the molecule is CC(C)(C)c1cc(N)ccc1Oc1ccc(-n2c(=O)[nH]c3cccnc32)cn1. The quantitative estimate of drug-likeness (QED) is 0.531. The van der Waals surface area contributed by atoms with Gasteiger partial charge in [-0.15, -0.1) is 0 Å². The lowest BCUT2D eigenvalue weighted by molar-refractivity contribution is 0.440. The summed E-state index contributed by atoms with van der Waals surface area (Å²) >= 11 is 0. The average molecular weight is 375 g/mol. The first-order valence-corrected chi connectivity index (χ1v) is 8.93. The fraction of sp³-hybridized carbons (Fsp3) is 0.190. The molecular formula is C21H21N5O2. The van der Waals surface area contributed by atoms with Crippen molar-refractivity contribution < 1.29 is 4.74 Å². The van der Waals surface area contributed by atoms with Crippen molar-refractivity contribution in [1.29, 1.82) is 0 Å². The summed E-state index contributed by atoms with van der Waals surface area (Å²) in [7, 11) is 0. The predicted molar refractivity (Wildman–Crippen MR) is 109 cm³/mol. The van der Waals surface area contributed by atoms with Crippen LogP contribution in [0.5, 0.6) is 11.6 Å². The zero-order valence-electron chi connectivity index (χ0n) is 15.9. The number of nitrogens with zero attached hydrogens (tertiary/aromatic N) is 3. The molecular weight excluding hydrogens is 354 g/mol. The Kier molecular flexibility index (Phi) is 4.15. The molecule has 4 aromatic rings. The Hall–Kier alpha value is -3.61. The number of ether oxygens (including phenoxy) is 1. The van der Waals surface area contributed by atoms with Crippen molar-refractivity contribution in [3.8, 4) is 17.3 Å². The highest BCUT2D eigenvalue weighted by Crippen LogP contribution is 2.35. The Morgan fingerprint density at radius 3 is 2.64 bits per heavy atom. The number of anilines is 1. The van der Waals surface area contributed by atoms with E-state index in [2.05, 4.69) is 35.7 Å². The molecule has 0 fully saturated rings. The summed E-state index contributed by atoms with van der Waals surface area (Å²) in [6, 6.07) is 12.7. The molecule has 0 amide bonds. The van der Waals surface area contributed by atoms with Crippen molar-refractivity contribution in [3.63, 3.8) is 0 Å². The van der Waals surface area contributed by atoms with Crippen LogP contribution in [0.3, 0.4) is 0 Å². The fourth-order valence-electron chi connectivity index (χ4n) is 3.08. The second-order valence-corrected chi connectivity index (χ2v) is 7.60. The van der Waals surface area contributed by atoms with Crippen LogP contribution in [0.4, 0.5) is 5.69 Å². The Bertz CT molecular complexity index is 1200. The average Bonchev–Trinajstić information content (AvgIpc) is 2.99. The van der Waals surface area contributed by atoms with Gasteiger partial charge in [0.15, 0.2) is 5.65 Å². The van der Waals surface area contributed by atoms with Crippen LogP contribution < -0.4 is 16.2 Å². The molecule has 0 saturated heterocycles. The lowest BCUT2D eigenvalue weighted by atomic mass is 9.86. The fourth-order valence-corrected chi connectivity index (χ4v) is 3.08. The number of aromatic amines is 1. The summed E-state index contributed by atoms with van der Waals surface area (Å²) in [6.07, 6.45) is 3.24. The van der Waals surface area contributed by atoms with Crippen LogP contribution in [0.2, 0.25) is 0 Å². The van der Waals surface area contributed by atoms with Gasteiger partial charge in [-0.05, 0) is 41.8 Å². The van der Waals surface area contributed by atoms with E-state index in [1.54, 1.807) is 42.7 Å². The summed E-state index contributed by atoms with van der Waals surface area (Å²) < 4.78 is 7.49. The van der Waals surface area contributed by atoms with E-state index in [4.69, 9.17) is 10.5 Å². The highest BCUT2D eigenvalue weighted by atomic mass is 16.5. The van der Waals surface area contributed by atoms with Crippen LogP contribution in [0.1, 0.15) is 26.3 Å². The van der Waals surface area contributed by atoms with Gasteiger partial charge in [0.1, 0.15) is 5.75 Å². The lowest BCUT2D eigenvalue weighted by Crippen LogP contribution is -2.15. The first kappa shape index (κ1) is 17.8. The van der Waals surface area contributed by atoms with Crippen molar-refractivity contribution >= 4 is 16.9 Å². The van der Waals surface area contributed by atoms with Crippen molar-refractivity contribution in [2.45, 2.75) is 26.2 Å². The van der Waals surface area contributed by atoms with Gasteiger partial charge in [0.25, 0.3) is 0 Å². The molecule has 0 unspecified atom stereocenters. The minimum absolute atomic E-state index is 0.131. The number of nitrogens with two attached hydrogens (primary N) is 1. The van der Waals surface area contributed by atoms with Gasteiger partial charge in [-0.2, -0.15) is 0 Å². The maximum Gasteiger partial charge on any atom is 0.332 e. The minimum atomic E-state index is -0.266. The molecule has 142 valence electrons. The number of H-pyrrole nitrogens is 1. The smallest absolute Gasteiger partial charge is 0.332 e. The number of fused-ring (bicyclic) bond motifs is 1. The van der Waals surface area contributed by atoms with E-state index in [-0.39, 0.29) is 11.1 Å². The van der Waals surface area contributed by atoms with E-state index in [1.165, 1.54) is 4.57 Å². The van der Waals surface area contributed by atoms with Crippen molar-refractivity contribution in [2.75, 3.05) is 5.73 Å². The Morgan fingerprint density at radius 2 is 1.93 bits per heavy atom. The number of imidazole rings is 1. The van der Waals surface area contributed by atoms with Gasteiger partial charge in [0.05, 0.1) is 17.4 Å². The monoisotopic (exact) mass is 375 g/mol. The first-order valence-electron chi connectivity index (χ1n) is 8.93. The molecule has 3 N–H and O–H groups in total. The number of hydrogen-bond acceptors (Lipinski definition) is 5. The Balaban J connectivity index is 1.68. The maximum absolute atomic E-state index is 12.3. The van der Waals surface area contributed by atoms with Crippen molar-refractivity contribution in [3.05, 3.63) is 70.9 Å². The van der Waals surface area contributed by atoms with E-state index >= 15 is 0 Å². The van der Waals surface area contributed by atoms with Gasteiger partial charge in [0.2, 0.25) is 5.88 Å². The van der Waals surface area contributed by atoms with E-state index < -0.39 is 0 Å². The number of nitrogens with one attached hydrogen (secondary N) is 1. The standard InChI is InChI=1S/C21H21N5O2/c1-21(2,3)15-11-13(22)6-8-17(15)28-18-9-7-14(12-24-18)26-19-16(25-20(26)27)5-4-10-23-19/h4-12H,22H2,1-3H3,(H,25,27). The predicted octanol–water partition coefficient (Wildman–Crippen LogP) is 3.78. The molecule has 0 bridgehead atoms. The second kappa shape index (κ2) is 6.53. The topological polar surface area (TPSA) is 98.8 Å². The third-order valence-corrected chi connectivity index (χ3v) is 4.45. The lowest BCUT2D eigenvalue weighted by Gasteiger charge is -2.23. The number of rotatable bonds is 3. The summed E-state index contributed by atoms with van der Waals surface area (Å²) in [4.78, 5) is 23.7. The van der Waals surface area contributed by atoms with Crippen LogP contribution >= 0.6 is 0 Å². The first-order chi connectivity index (χ1) is 13.3. The summed E-state index contributed by atoms with van der Waals surface area (Å²) in [6.45, 7) is 6.30. The molecule has 7 heteroatoms. The Morgan fingerprint density at radius 1 is 1.11 bits per heavy atom. The maximum atomic E-state index is 12.3. The van der Waals surface area contributed by atoms with Gasteiger partial charge in [-0.1, -0.05) is 20.8 Å². The zero-order chi connectivity index (χ0) is 19.9. The van der Waals surface area contributed by atoms with E-state index in [9.17, 15) is 4.79 Å². The number of pyridine rings is 2. The normalized spacial score (nSPS) is 11.7. The molecule has 3 heterocycles. The van der Waals surface area contributed by atoms with Crippen LogP contribution in [-0.4, -0.2) is 19.5 Å². The number of benzene rings is 1. The number of hydrogen-bond donors (Lipinski definition) is 2. The van der Waals surface area contributed by atoms with Crippen LogP contribution in [0, 0.1) is 0 Å². The van der Waals surface area contributed by atoms with E-state index in [0.29, 0.717) is 34.2 Å². The summed E-state index contributed by atoms with van der Waals surface area (Å²) in [5.74, 6) is 1.13. The molecule has 0 radical (unpaired) electrons. The van der Waals surface area contributed by atoms with Gasteiger partial charge < -0.3 is 15.5 Å². The molecule has 3 aromatic heterocycles. The van der Waals surface area contributed by atoms with Gasteiger partial charge >= 0.3 is 5.69 Å². The van der Waals surface area contributed by atoms with Crippen LogP contribution in [0.15, 0.2) is 59.7 Å². The molecule has 4 rings (SSSR count). The second-order valence-electron chi connectivity index (χ2n) is 7.60. The van der Waals surface area contributed by atoms with Crippen LogP contribution in [0.25, 0.3) is 16.9 Å². The minimum Gasteiger partial charge on any atom is -0.439 e. The molecule has 7 nitrogen and oxygen atoms in total. The zero-order valence-corrected chi connectivity index (χ0v) is 15.9. The number of aromatic nitrogens is 4. The summed E-state index contributed by atoms with van der Waals surface area (Å²) in [5, 5.41) is 0. The molecule has 0 saturated carbocycles. The van der Waals surface area contributed by atoms with Gasteiger partial charge in [-0.25, -0.2) is 19.3 Å². The van der Waals surface area contributed by atoms with Crippen molar-refractivity contribution in [2.24, 2.45) is 0 Å². The van der Waals surface area contributed by atoms with Gasteiger partial charge in [-0.3, -0.25) is 0 Å².